The molecule has 2 aromatic carbocycles. The predicted molar refractivity (Wildman–Crippen MR) is 99.8 cm³/mol. The monoisotopic (exact) mass is 345 g/mol. The van der Waals surface area contributed by atoms with Crippen LogP contribution in [0.4, 0.5) is 5.00 Å². The van der Waals surface area contributed by atoms with Gasteiger partial charge < -0.3 is 9.73 Å². The molecule has 0 atom stereocenters. The Morgan fingerprint density at radius 1 is 1.00 bits per heavy atom. The van der Waals surface area contributed by atoms with E-state index in [0.717, 1.165) is 16.3 Å². The molecular formula is C20H11NO3S. The lowest BCUT2D eigenvalue weighted by Crippen LogP contribution is -2.09. The van der Waals surface area contributed by atoms with E-state index in [-0.39, 0.29) is 0 Å². The fourth-order valence-corrected chi connectivity index (χ4v) is 3.51. The van der Waals surface area contributed by atoms with E-state index in [1.165, 1.54) is 11.3 Å². The molecule has 2 heterocycles. The number of amides is 1. The van der Waals surface area contributed by atoms with Crippen molar-refractivity contribution in [1.82, 2.24) is 0 Å². The third-order valence-electron chi connectivity index (χ3n) is 3.70. The fraction of sp³-hybridized carbons (Fsp3) is 0. The maximum atomic E-state index is 12.3. The third kappa shape index (κ3) is 2.91. The normalized spacial score (nSPS) is 10.4. The molecule has 0 unspecified atom stereocenters. The summed E-state index contributed by atoms with van der Waals surface area (Å²) in [7, 11) is 0. The quantitative estimate of drug-likeness (QED) is 0.419. The van der Waals surface area contributed by atoms with E-state index in [9.17, 15) is 9.59 Å². The fourth-order valence-electron chi connectivity index (χ4n) is 2.56. The Morgan fingerprint density at radius 2 is 1.76 bits per heavy atom. The van der Waals surface area contributed by atoms with Gasteiger partial charge in [0.25, 0.3) is 0 Å². The summed E-state index contributed by atoms with van der Waals surface area (Å²) >= 11 is 1.28. The van der Waals surface area contributed by atoms with Crippen molar-refractivity contribution in [3.63, 3.8) is 0 Å². The van der Waals surface area contributed by atoms with Crippen molar-refractivity contribution in [2.45, 2.75) is 0 Å². The van der Waals surface area contributed by atoms with Crippen LogP contribution < -0.4 is 10.9 Å². The van der Waals surface area contributed by atoms with E-state index in [4.69, 9.17) is 4.42 Å². The molecule has 0 aliphatic heterocycles. The van der Waals surface area contributed by atoms with Gasteiger partial charge in [0, 0.05) is 27.6 Å². The van der Waals surface area contributed by atoms with Crippen LogP contribution in [-0.2, 0) is 4.79 Å². The Balaban J connectivity index is 1.71. The lowest BCUT2D eigenvalue weighted by atomic mass is 10.1. The Kier molecular flexibility index (Phi) is 3.81. The molecule has 1 N–H and O–H groups in total. The van der Waals surface area contributed by atoms with E-state index in [0.29, 0.717) is 16.0 Å². The van der Waals surface area contributed by atoms with Crippen LogP contribution in [0.25, 0.3) is 21.7 Å². The first kappa shape index (κ1) is 15.2. The van der Waals surface area contributed by atoms with Gasteiger partial charge in [-0.15, -0.1) is 11.3 Å². The first-order chi connectivity index (χ1) is 12.2. The molecule has 5 heteroatoms. The van der Waals surface area contributed by atoms with E-state index in [1.807, 2.05) is 53.9 Å². The molecular weight excluding hydrogens is 334 g/mol. The number of nitrogens with one attached hydrogen (secondary N) is 1. The molecule has 0 saturated heterocycles. The van der Waals surface area contributed by atoms with Crippen LogP contribution in [0.3, 0.4) is 0 Å². The lowest BCUT2D eigenvalue weighted by molar-refractivity contribution is -0.111. The van der Waals surface area contributed by atoms with Crippen LogP contribution in [-0.4, -0.2) is 5.91 Å². The molecule has 25 heavy (non-hydrogen) atoms. The van der Waals surface area contributed by atoms with Gasteiger partial charge in [0.05, 0.1) is 0 Å². The van der Waals surface area contributed by atoms with Crippen LogP contribution in [0.1, 0.15) is 5.56 Å². The van der Waals surface area contributed by atoms with Crippen molar-refractivity contribution in [1.29, 1.82) is 0 Å². The Hall–Kier alpha value is -3.36. The summed E-state index contributed by atoms with van der Waals surface area (Å²) in [6, 6.07) is 16.5. The molecule has 0 aliphatic carbocycles. The smallest absolute Gasteiger partial charge is 0.347 e. The highest BCUT2D eigenvalue weighted by Gasteiger charge is 2.14. The number of thiophene rings is 1. The highest BCUT2D eigenvalue weighted by molar-refractivity contribution is 7.16. The van der Waals surface area contributed by atoms with Gasteiger partial charge in [-0.05, 0) is 18.2 Å². The Morgan fingerprint density at radius 3 is 2.60 bits per heavy atom. The van der Waals surface area contributed by atoms with Gasteiger partial charge in [0.1, 0.15) is 16.0 Å². The van der Waals surface area contributed by atoms with E-state index < -0.39 is 11.5 Å². The predicted octanol–water partition coefficient (Wildman–Crippen LogP) is 4.00. The second-order valence-electron chi connectivity index (χ2n) is 5.31. The van der Waals surface area contributed by atoms with E-state index in [2.05, 4.69) is 17.2 Å². The van der Waals surface area contributed by atoms with Crippen molar-refractivity contribution < 1.29 is 9.21 Å². The number of carbonyl (C=O) groups is 1. The van der Waals surface area contributed by atoms with Crippen LogP contribution in [0.5, 0.6) is 0 Å². The number of hydrogen-bond acceptors (Lipinski definition) is 4. The first-order valence-corrected chi connectivity index (χ1v) is 8.41. The zero-order valence-corrected chi connectivity index (χ0v) is 13.7. The maximum absolute atomic E-state index is 12.3. The summed E-state index contributed by atoms with van der Waals surface area (Å²) < 4.78 is 5.35. The van der Waals surface area contributed by atoms with Crippen molar-refractivity contribution in [3.05, 3.63) is 76.0 Å². The van der Waals surface area contributed by atoms with Gasteiger partial charge in [-0.3, -0.25) is 4.79 Å². The summed E-state index contributed by atoms with van der Waals surface area (Å²) in [6.07, 6.45) is 0. The van der Waals surface area contributed by atoms with Crippen molar-refractivity contribution in [3.8, 4) is 11.8 Å². The minimum absolute atomic E-state index is 0.374. The zero-order chi connectivity index (χ0) is 17.2. The minimum Gasteiger partial charge on any atom is -0.422 e. The standard InChI is InChI=1S/C20H11NO3S/c22-17(11-10-13-6-2-1-3-7-13)21-19-18-15(12-25-19)14-8-4-5-9-16(14)24-20(18)23/h1-9,12H,(H,21,22). The molecule has 0 radical (unpaired) electrons. The lowest BCUT2D eigenvalue weighted by Gasteiger charge is -2.00. The first-order valence-electron chi connectivity index (χ1n) is 7.53. The average molecular weight is 345 g/mol. The highest BCUT2D eigenvalue weighted by atomic mass is 32.1. The molecule has 1 amide bonds. The number of para-hydroxylation sites is 1. The number of fused-ring (bicyclic) bond motifs is 3. The van der Waals surface area contributed by atoms with Crippen LogP contribution in [0, 0.1) is 11.8 Å². The van der Waals surface area contributed by atoms with Crippen molar-refractivity contribution >= 4 is 44.0 Å². The summed E-state index contributed by atoms with van der Waals surface area (Å²) in [4.78, 5) is 24.4. The van der Waals surface area contributed by atoms with Gasteiger partial charge in [-0.25, -0.2) is 4.79 Å². The van der Waals surface area contributed by atoms with E-state index in [1.54, 1.807) is 6.07 Å². The summed E-state index contributed by atoms with van der Waals surface area (Å²) in [5.74, 6) is 4.85. The summed E-state index contributed by atoms with van der Waals surface area (Å²) in [5.41, 5.74) is 0.806. The van der Waals surface area contributed by atoms with Crippen molar-refractivity contribution in [2.75, 3.05) is 5.32 Å². The second kappa shape index (κ2) is 6.27. The highest BCUT2D eigenvalue weighted by Crippen LogP contribution is 2.33. The molecule has 0 saturated carbocycles. The topological polar surface area (TPSA) is 59.3 Å². The number of hydrogen-bond donors (Lipinski definition) is 1. The SMILES string of the molecule is O=C(C#Cc1ccccc1)Nc1scc2c1c(=O)oc1ccccc12. The second-order valence-corrected chi connectivity index (χ2v) is 6.19. The largest absolute Gasteiger partial charge is 0.422 e. The van der Waals surface area contributed by atoms with Crippen LogP contribution >= 0.6 is 11.3 Å². The van der Waals surface area contributed by atoms with Gasteiger partial charge in [-0.1, -0.05) is 42.3 Å². The van der Waals surface area contributed by atoms with Gasteiger partial charge in [0.15, 0.2) is 0 Å². The molecule has 0 bridgehead atoms. The number of anilines is 1. The molecule has 0 aliphatic rings. The summed E-state index contributed by atoms with van der Waals surface area (Å²) in [6.45, 7) is 0. The third-order valence-corrected chi connectivity index (χ3v) is 4.59. The molecule has 2 aromatic heterocycles. The van der Waals surface area contributed by atoms with Crippen molar-refractivity contribution in [2.24, 2.45) is 0 Å². The van der Waals surface area contributed by atoms with Crippen LogP contribution in [0.2, 0.25) is 0 Å². The molecule has 4 nitrogen and oxygen atoms in total. The number of benzene rings is 2. The number of rotatable bonds is 1. The molecule has 4 aromatic rings. The molecule has 0 spiro atoms. The Labute approximate surface area is 146 Å². The average Bonchev–Trinajstić information content (AvgIpc) is 3.05. The Bertz CT molecular complexity index is 1210. The minimum atomic E-state index is -0.472. The summed E-state index contributed by atoms with van der Waals surface area (Å²) in [5, 5.41) is 6.95. The van der Waals surface area contributed by atoms with Gasteiger partial charge in [0.2, 0.25) is 0 Å². The molecule has 120 valence electrons. The van der Waals surface area contributed by atoms with E-state index >= 15 is 0 Å². The zero-order valence-electron chi connectivity index (χ0n) is 12.9. The van der Waals surface area contributed by atoms with Gasteiger partial charge in [-0.2, -0.15) is 0 Å². The maximum Gasteiger partial charge on any atom is 0.347 e. The molecule has 0 fully saturated rings. The number of carbonyl (C=O) groups excluding carboxylic acids is 1. The van der Waals surface area contributed by atoms with Gasteiger partial charge >= 0.3 is 11.5 Å². The van der Waals surface area contributed by atoms with Crippen LogP contribution in [0.15, 0.2) is 69.2 Å². The molecule has 4 rings (SSSR count).